The van der Waals surface area contributed by atoms with Gasteiger partial charge >= 0.3 is 0 Å². The summed E-state index contributed by atoms with van der Waals surface area (Å²) in [5.41, 5.74) is 2.60. The molecule has 0 aliphatic carbocycles. The lowest BCUT2D eigenvalue weighted by Gasteiger charge is -2.11. The number of pyridine rings is 1. The summed E-state index contributed by atoms with van der Waals surface area (Å²) in [7, 11) is 0. The van der Waals surface area contributed by atoms with Crippen molar-refractivity contribution in [2.45, 2.75) is 19.4 Å². The molecule has 4 rings (SSSR count). The van der Waals surface area contributed by atoms with Gasteiger partial charge in [0.1, 0.15) is 0 Å². The van der Waals surface area contributed by atoms with Gasteiger partial charge in [0, 0.05) is 24.8 Å². The van der Waals surface area contributed by atoms with Crippen LogP contribution in [0.25, 0.3) is 22.2 Å². The Labute approximate surface area is 127 Å². The average molecular weight is 292 g/mol. The molecular formula is C17H16N4O. The normalized spacial score (nSPS) is 14.2. The quantitative estimate of drug-likeness (QED) is 0.749. The minimum Gasteiger partial charge on any atom is -0.356 e. The fourth-order valence-electron chi connectivity index (χ4n) is 2.85. The summed E-state index contributed by atoms with van der Waals surface area (Å²) in [6, 6.07) is 11.5. The van der Waals surface area contributed by atoms with Crippen LogP contribution in [0.4, 0.5) is 5.95 Å². The lowest BCUT2D eigenvalue weighted by atomic mass is 10.1. The highest BCUT2D eigenvalue weighted by Crippen LogP contribution is 2.22. The molecule has 110 valence electrons. The Bertz CT molecular complexity index is 886. The standard InChI is InChI=1S/C17H16N4O/c22-16-13-7-6-12(14-5-1-2-8-18-14)11-15(13)20-17-19-9-3-4-10-21(16)17/h1-2,5-8,11H,3-4,9-10H2,(H,19,20). The summed E-state index contributed by atoms with van der Waals surface area (Å²) in [6.45, 7) is 1.59. The minimum atomic E-state index is 0.0296. The number of hydrogen-bond acceptors (Lipinski definition) is 4. The third kappa shape index (κ3) is 2.15. The molecular weight excluding hydrogens is 276 g/mol. The molecule has 0 spiro atoms. The van der Waals surface area contributed by atoms with Crippen LogP contribution in [-0.4, -0.2) is 21.1 Å². The van der Waals surface area contributed by atoms with Gasteiger partial charge < -0.3 is 5.32 Å². The molecule has 2 aromatic heterocycles. The van der Waals surface area contributed by atoms with E-state index in [1.54, 1.807) is 10.8 Å². The summed E-state index contributed by atoms with van der Waals surface area (Å²) >= 11 is 0. The average Bonchev–Trinajstić information content (AvgIpc) is 2.81. The second kappa shape index (κ2) is 5.26. The first-order chi connectivity index (χ1) is 10.8. The summed E-state index contributed by atoms with van der Waals surface area (Å²) in [6.07, 6.45) is 3.82. The predicted molar refractivity (Wildman–Crippen MR) is 87.0 cm³/mol. The van der Waals surface area contributed by atoms with Crippen LogP contribution in [0, 0.1) is 0 Å². The van der Waals surface area contributed by atoms with Crippen molar-refractivity contribution in [1.82, 2.24) is 14.5 Å². The van der Waals surface area contributed by atoms with E-state index < -0.39 is 0 Å². The van der Waals surface area contributed by atoms with Crippen molar-refractivity contribution in [3.05, 3.63) is 52.9 Å². The van der Waals surface area contributed by atoms with Gasteiger partial charge in [-0.15, -0.1) is 0 Å². The fourth-order valence-corrected chi connectivity index (χ4v) is 2.85. The van der Waals surface area contributed by atoms with Crippen molar-refractivity contribution in [3.8, 4) is 11.3 Å². The zero-order valence-electron chi connectivity index (χ0n) is 12.1. The summed E-state index contributed by atoms with van der Waals surface area (Å²) in [5.74, 6) is 0.674. The number of hydrogen-bond donors (Lipinski definition) is 1. The maximum Gasteiger partial charge on any atom is 0.262 e. The maximum absolute atomic E-state index is 12.6. The largest absolute Gasteiger partial charge is 0.356 e. The number of benzene rings is 1. The van der Waals surface area contributed by atoms with E-state index >= 15 is 0 Å². The first-order valence-electron chi connectivity index (χ1n) is 7.53. The van der Waals surface area contributed by atoms with Gasteiger partial charge in [-0.1, -0.05) is 12.1 Å². The van der Waals surface area contributed by atoms with Crippen LogP contribution in [0.15, 0.2) is 47.4 Å². The van der Waals surface area contributed by atoms with E-state index in [0.717, 1.165) is 37.2 Å². The van der Waals surface area contributed by atoms with Gasteiger partial charge in [-0.3, -0.25) is 14.3 Å². The fraction of sp³-hybridized carbons (Fsp3) is 0.235. The van der Waals surface area contributed by atoms with E-state index in [1.807, 2.05) is 36.4 Å². The number of nitrogens with zero attached hydrogens (tertiary/aromatic N) is 3. The molecule has 0 saturated carbocycles. The van der Waals surface area contributed by atoms with Gasteiger partial charge in [0.05, 0.1) is 16.6 Å². The van der Waals surface area contributed by atoms with Crippen LogP contribution >= 0.6 is 0 Å². The van der Waals surface area contributed by atoms with Crippen molar-refractivity contribution in [2.24, 2.45) is 0 Å². The molecule has 0 saturated heterocycles. The van der Waals surface area contributed by atoms with Crippen LogP contribution in [0.1, 0.15) is 12.8 Å². The second-order valence-electron chi connectivity index (χ2n) is 5.47. The minimum absolute atomic E-state index is 0.0296. The molecule has 1 N–H and O–H groups in total. The molecule has 1 aliphatic rings. The molecule has 0 fully saturated rings. The van der Waals surface area contributed by atoms with Gasteiger partial charge in [0.2, 0.25) is 5.95 Å². The Hall–Kier alpha value is -2.69. The third-order valence-electron chi connectivity index (χ3n) is 4.01. The Balaban J connectivity index is 1.92. The Morgan fingerprint density at radius 3 is 2.95 bits per heavy atom. The number of fused-ring (bicyclic) bond motifs is 2. The molecule has 3 heterocycles. The van der Waals surface area contributed by atoms with Gasteiger partial charge in [-0.05, 0) is 37.1 Å². The van der Waals surface area contributed by atoms with E-state index in [0.29, 0.717) is 16.9 Å². The smallest absolute Gasteiger partial charge is 0.262 e. The molecule has 0 amide bonds. The number of nitrogens with one attached hydrogen (secondary N) is 1. The Morgan fingerprint density at radius 2 is 2.09 bits per heavy atom. The van der Waals surface area contributed by atoms with E-state index in [9.17, 15) is 4.79 Å². The van der Waals surface area contributed by atoms with Crippen molar-refractivity contribution >= 4 is 16.9 Å². The molecule has 0 bridgehead atoms. The Kier molecular flexibility index (Phi) is 3.11. The first kappa shape index (κ1) is 13.0. The summed E-state index contributed by atoms with van der Waals surface area (Å²) < 4.78 is 1.75. The molecule has 0 radical (unpaired) electrons. The maximum atomic E-state index is 12.6. The van der Waals surface area contributed by atoms with Crippen LogP contribution < -0.4 is 10.9 Å². The molecule has 3 aromatic rings. The van der Waals surface area contributed by atoms with Crippen molar-refractivity contribution in [1.29, 1.82) is 0 Å². The van der Waals surface area contributed by atoms with E-state index in [2.05, 4.69) is 15.3 Å². The first-order valence-corrected chi connectivity index (χ1v) is 7.53. The third-order valence-corrected chi connectivity index (χ3v) is 4.01. The topological polar surface area (TPSA) is 59.8 Å². The number of rotatable bonds is 1. The van der Waals surface area contributed by atoms with Gasteiger partial charge in [-0.25, -0.2) is 4.98 Å². The molecule has 5 heteroatoms. The highest BCUT2D eigenvalue weighted by molar-refractivity contribution is 5.83. The molecule has 1 aliphatic heterocycles. The van der Waals surface area contributed by atoms with Gasteiger partial charge in [0.15, 0.2) is 0 Å². The SMILES string of the molecule is O=c1c2ccc(-c3ccccn3)cc2nc2n1CCCCN2. The van der Waals surface area contributed by atoms with Crippen LogP contribution in [-0.2, 0) is 6.54 Å². The molecule has 1 aromatic carbocycles. The van der Waals surface area contributed by atoms with Crippen LogP contribution in [0.2, 0.25) is 0 Å². The second-order valence-corrected chi connectivity index (χ2v) is 5.47. The molecule has 22 heavy (non-hydrogen) atoms. The van der Waals surface area contributed by atoms with E-state index in [4.69, 9.17) is 0 Å². The lowest BCUT2D eigenvalue weighted by Crippen LogP contribution is -2.23. The van der Waals surface area contributed by atoms with Gasteiger partial charge in [0.25, 0.3) is 5.56 Å². The van der Waals surface area contributed by atoms with Crippen molar-refractivity contribution in [2.75, 3.05) is 11.9 Å². The highest BCUT2D eigenvalue weighted by atomic mass is 16.1. The van der Waals surface area contributed by atoms with Crippen molar-refractivity contribution < 1.29 is 0 Å². The van der Waals surface area contributed by atoms with Crippen LogP contribution in [0.3, 0.4) is 0 Å². The zero-order chi connectivity index (χ0) is 14.9. The summed E-state index contributed by atoms with van der Waals surface area (Å²) in [4.78, 5) is 21.6. The lowest BCUT2D eigenvalue weighted by molar-refractivity contribution is 0.636. The van der Waals surface area contributed by atoms with E-state index in [-0.39, 0.29) is 5.56 Å². The highest BCUT2D eigenvalue weighted by Gasteiger charge is 2.13. The zero-order valence-corrected chi connectivity index (χ0v) is 12.1. The van der Waals surface area contributed by atoms with Crippen molar-refractivity contribution in [3.63, 3.8) is 0 Å². The predicted octanol–water partition coefficient (Wildman–Crippen LogP) is 2.66. The Morgan fingerprint density at radius 1 is 1.14 bits per heavy atom. The van der Waals surface area contributed by atoms with Gasteiger partial charge in [-0.2, -0.15) is 0 Å². The molecule has 0 unspecified atom stereocenters. The molecule has 0 atom stereocenters. The molecule has 5 nitrogen and oxygen atoms in total. The number of aromatic nitrogens is 3. The van der Waals surface area contributed by atoms with E-state index in [1.165, 1.54) is 0 Å². The number of anilines is 1. The van der Waals surface area contributed by atoms with Crippen LogP contribution in [0.5, 0.6) is 0 Å². The monoisotopic (exact) mass is 292 g/mol. The summed E-state index contributed by atoms with van der Waals surface area (Å²) in [5, 5.41) is 3.91.